The van der Waals surface area contributed by atoms with Crippen LogP contribution in [-0.4, -0.2) is 36.5 Å². The predicted molar refractivity (Wildman–Crippen MR) is 38.3 cm³/mol. The molecule has 0 rings (SSSR count). The number of carboxylic acids is 1. The van der Waals surface area contributed by atoms with Gasteiger partial charge in [-0.15, -0.1) is 0 Å². The molecule has 0 aromatic rings. The van der Waals surface area contributed by atoms with Crippen LogP contribution >= 0.6 is 0 Å². The van der Waals surface area contributed by atoms with E-state index in [0.717, 1.165) is 6.92 Å². The molecule has 0 heterocycles. The molecule has 92 valence electrons. The molecule has 0 aliphatic rings. The van der Waals surface area contributed by atoms with Crippen LogP contribution in [0.2, 0.25) is 0 Å². The van der Waals surface area contributed by atoms with Gasteiger partial charge in [-0.2, -0.15) is 26.3 Å². The highest BCUT2D eigenvalue weighted by Gasteiger charge is 2.38. The van der Waals surface area contributed by atoms with Crippen LogP contribution in [0.25, 0.3) is 0 Å². The topological polar surface area (TPSA) is 49.3 Å². The Labute approximate surface area is 81.1 Å². The van der Waals surface area contributed by atoms with Crippen molar-refractivity contribution in [2.45, 2.75) is 25.3 Å². The summed E-state index contributed by atoms with van der Waals surface area (Å²) in [6, 6.07) is -1.40. The lowest BCUT2D eigenvalue weighted by atomic mass is 10.3. The van der Waals surface area contributed by atoms with E-state index in [4.69, 9.17) is 9.90 Å². The van der Waals surface area contributed by atoms with Crippen molar-refractivity contribution in [1.82, 2.24) is 5.32 Å². The molecular formula is C6H9F6NO2. The average Bonchev–Trinajstić information content (AvgIpc) is 2.00. The molecule has 0 aliphatic heterocycles. The molecule has 3 nitrogen and oxygen atoms in total. The third-order valence-corrected chi connectivity index (χ3v) is 1.17. The first-order chi connectivity index (χ1) is 6.42. The second-order valence-corrected chi connectivity index (χ2v) is 2.35. The van der Waals surface area contributed by atoms with E-state index >= 15 is 0 Å². The van der Waals surface area contributed by atoms with Gasteiger partial charge in [-0.05, 0) is 14.0 Å². The summed E-state index contributed by atoms with van der Waals surface area (Å²) in [4.78, 5) is 8.90. The Bertz CT molecular complexity index is 199. The van der Waals surface area contributed by atoms with Crippen molar-refractivity contribution in [2.24, 2.45) is 0 Å². The number of aliphatic carboxylic acids is 1. The van der Waals surface area contributed by atoms with E-state index < -0.39 is 24.4 Å². The van der Waals surface area contributed by atoms with Crippen molar-refractivity contribution in [3.05, 3.63) is 0 Å². The van der Waals surface area contributed by atoms with Gasteiger partial charge in [0.2, 0.25) is 0 Å². The molecule has 9 heteroatoms. The van der Waals surface area contributed by atoms with Gasteiger partial charge in [-0.1, -0.05) is 0 Å². The van der Waals surface area contributed by atoms with Gasteiger partial charge in [0.05, 0.1) is 0 Å². The van der Waals surface area contributed by atoms with Gasteiger partial charge in [0.1, 0.15) is 6.04 Å². The molecule has 2 N–H and O–H groups in total. The Kier molecular flexibility index (Phi) is 6.34. The predicted octanol–water partition coefficient (Wildman–Crippen LogP) is 1.79. The largest absolute Gasteiger partial charge is 0.490 e. The number of nitrogens with one attached hydrogen (secondary N) is 1. The van der Waals surface area contributed by atoms with Gasteiger partial charge in [-0.25, -0.2) is 4.79 Å². The highest BCUT2D eigenvalue weighted by atomic mass is 19.4. The van der Waals surface area contributed by atoms with Gasteiger partial charge in [0.15, 0.2) is 0 Å². The van der Waals surface area contributed by atoms with E-state index in [2.05, 4.69) is 5.32 Å². The molecular weight excluding hydrogens is 232 g/mol. The quantitative estimate of drug-likeness (QED) is 0.688. The first-order valence-corrected chi connectivity index (χ1v) is 3.47. The van der Waals surface area contributed by atoms with Gasteiger partial charge in [-0.3, -0.25) is 0 Å². The van der Waals surface area contributed by atoms with E-state index in [1.54, 1.807) is 0 Å². The van der Waals surface area contributed by atoms with Crippen molar-refractivity contribution in [1.29, 1.82) is 0 Å². The molecule has 0 spiro atoms. The number of alkyl halides is 6. The number of carbonyl (C=O) groups is 1. The van der Waals surface area contributed by atoms with Crippen LogP contribution in [0.3, 0.4) is 0 Å². The summed E-state index contributed by atoms with van der Waals surface area (Å²) in [7, 11) is 1.28. The normalized spacial score (nSPS) is 13.9. The molecule has 0 bridgehead atoms. The first-order valence-electron chi connectivity index (χ1n) is 3.47. The number of hydrogen-bond donors (Lipinski definition) is 2. The summed E-state index contributed by atoms with van der Waals surface area (Å²) in [5, 5.41) is 9.20. The summed E-state index contributed by atoms with van der Waals surface area (Å²) in [5.41, 5.74) is 0. The summed E-state index contributed by atoms with van der Waals surface area (Å²) in [5.74, 6) is -2.76. The Morgan fingerprint density at radius 2 is 1.47 bits per heavy atom. The van der Waals surface area contributed by atoms with Gasteiger partial charge < -0.3 is 10.4 Å². The highest BCUT2D eigenvalue weighted by Crippen LogP contribution is 2.18. The number of carboxylic acid groups (broad SMARTS) is 1. The van der Waals surface area contributed by atoms with Crippen molar-refractivity contribution >= 4 is 5.97 Å². The molecule has 0 saturated heterocycles. The number of rotatable bonds is 1. The number of hydrogen-bond acceptors (Lipinski definition) is 2. The smallest absolute Gasteiger partial charge is 0.475 e. The maximum absolute atomic E-state index is 11.4. The molecule has 0 amide bonds. The van der Waals surface area contributed by atoms with Crippen LogP contribution in [0.5, 0.6) is 0 Å². The fourth-order valence-electron chi connectivity index (χ4n) is 0.164. The minimum absolute atomic E-state index is 1.07. The fourth-order valence-corrected chi connectivity index (χ4v) is 0.164. The SMILES string of the molecule is CNC(C)C(F)(F)F.O=C(O)C(F)(F)F. The van der Waals surface area contributed by atoms with Crippen LogP contribution < -0.4 is 5.32 Å². The van der Waals surface area contributed by atoms with Gasteiger partial charge in [0.25, 0.3) is 0 Å². The molecule has 0 saturated carbocycles. The van der Waals surface area contributed by atoms with Crippen molar-refractivity contribution in [2.75, 3.05) is 7.05 Å². The Balaban J connectivity index is 0. The molecule has 15 heavy (non-hydrogen) atoms. The van der Waals surface area contributed by atoms with Crippen LogP contribution in [0.1, 0.15) is 6.92 Å². The van der Waals surface area contributed by atoms with E-state index in [1.807, 2.05) is 0 Å². The lowest BCUT2D eigenvalue weighted by Gasteiger charge is -2.13. The van der Waals surface area contributed by atoms with Crippen LogP contribution in [-0.2, 0) is 4.79 Å². The molecule has 0 aromatic heterocycles. The maximum atomic E-state index is 11.4. The minimum Gasteiger partial charge on any atom is -0.475 e. The molecule has 0 radical (unpaired) electrons. The first kappa shape index (κ1) is 16.4. The zero-order valence-corrected chi connectivity index (χ0v) is 7.70. The highest BCUT2D eigenvalue weighted by molar-refractivity contribution is 5.73. The minimum atomic E-state index is -5.08. The van der Waals surface area contributed by atoms with Crippen molar-refractivity contribution in [3.63, 3.8) is 0 Å². The monoisotopic (exact) mass is 241 g/mol. The third kappa shape index (κ3) is 9.32. The zero-order chi connectivity index (χ0) is 12.9. The summed E-state index contributed by atoms with van der Waals surface area (Å²) in [6.07, 6.45) is -9.19. The Hall–Kier alpha value is -0.990. The van der Waals surface area contributed by atoms with Crippen LogP contribution in [0.15, 0.2) is 0 Å². The Morgan fingerprint density at radius 3 is 1.47 bits per heavy atom. The fraction of sp³-hybridized carbons (Fsp3) is 0.833. The van der Waals surface area contributed by atoms with E-state index in [1.165, 1.54) is 7.05 Å². The van der Waals surface area contributed by atoms with Crippen molar-refractivity contribution < 1.29 is 36.2 Å². The lowest BCUT2D eigenvalue weighted by Crippen LogP contribution is -2.36. The molecule has 1 unspecified atom stereocenters. The van der Waals surface area contributed by atoms with E-state index in [0.29, 0.717) is 0 Å². The third-order valence-electron chi connectivity index (χ3n) is 1.17. The van der Waals surface area contributed by atoms with Crippen molar-refractivity contribution in [3.8, 4) is 0 Å². The number of halogens is 6. The van der Waals surface area contributed by atoms with E-state index in [9.17, 15) is 26.3 Å². The lowest BCUT2D eigenvalue weighted by molar-refractivity contribution is -0.192. The van der Waals surface area contributed by atoms with E-state index in [-0.39, 0.29) is 0 Å². The standard InChI is InChI=1S/C4H8F3N.C2HF3O2/c1-3(8-2)4(5,6)7;3-2(4,5)1(6)7/h3,8H,1-2H3;(H,6,7). The summed E-state index contributed by atoms with van der Waals surface area (Å²) >= 11 is 0. The summed E-state index contributed by atoms with van der Waals surface area (Å²) < 4.78 is 65.9. The zero-order valence-electron chi connectivity index (χ0n) is 7.70. The molecule has 0 aliphatic carbocycles. The van der Waals surface area contributed by atoms with Gasteiger partial charge >= 0.3 is 18.3 Å². The molecule has 0 fully saturated rings. The second kappa shape index (κ2) is 5.79. The van der Waals surface area contributed by atoms with Crippen LogP contribution in [0.4, 0.5) is 26.3 Å². The maximum Gasteiger partial charge on any atom is 0.490 e. The van der Waals surface area contributed by atoms with Crippen LogP contribution in [0, 0.1) is 0 Å². The Morgan fingerprint density at radius 1 is 1.20 bits per heavy atom. The second-order valence-electron chi connectivity index (χ2n) is 2.35. The average molecular weight is 241 g/mol. The molecule has 1 atom stereocenters. The molecule has 0 aromatic carbocycles. The summed E-state index contributed by atoms with van der Waals surface area (Å²) in [6.45, 7) is 1.07. The van der Waals surface area contributed by atoms with Gasteiger partial charge in [0, 0.05) is 0 Å².